The predicted molar refractivity (Wildman–Crippen MR) is 111 cm³/mol. The number of anilines is 1. The Labute approximate surface area is 169 Å². The first kappa shape index (κ1) is 19.9. The van der Waals surface area contributed by atoms with E-state index in [0.717, 1.165) is 5.56 Å². The number of carbonyl (C=O) groups excluding carboxylic acids is 1. The second-order valence-electron chi connectivity index (χ2n) is 6.29. The molecule has 0 unspecified atom stereocenters. The van der Waals surface area contributed by atoms with E-state index >= 15 is 0 Å². The predicted octanol–water partition coefficient (Wildman–Crippen LogP) is 4.41. The quantitative estimate of drug-likeness (QED) is 0.649. The van der Waals surface area contributed by atoms with Crippen LogP contribution in [0.5, 0.6) is 0 Å². The SMILES string of the molecule is CN(Cc1ccccc1)C(=O)c1cccc(S(=O)(=O)Nc2ccc(Cl)cc2)c1. The smallest absolute Gasteiger partial charge is 0.261 e. The van der Waals surface area contributed by atoms with Gasteiger partial charge in [0.1, 0.15) is 0 Å². The van der Waals surface area contributed by atoms with Crippen LogP contribution in [0.4, 0.5) is 5.69 Å². The molecule has 3 aromatic carbocycles. The third-order valence-electron chi connectivity index (χ3n) is 4.10. The van der Waals surface area contributed by atoms with Crippen LogP contribution in [0.15, 0.2) is 83.8 Å². The Kier molecular flexibility index (Phi) is 6.02. The van der Waals surface area contributed by atoms with Crippen molar-refractivity contribution in [2.75, 3.05) is 11.8 Å². The fourth-order valence-electron chi connectivity index (χ4n) is 2.68. The van der Waals surface area contributed by atoms with Gasteiger partial charge in [-0.3, -0.25) is 9.52 Å². The topological polar surface area (TPSA) is 66.5 Å². The summed E-state index contributed by atoms with van der Waals surface area (Å²) in [5.41, 5.74) is 1.69. The number of amides is 1. The first-order valence-corrected chi connectivity index (χ1v) is 10.4. The largest absolute Gasteiger partial charge is 0.337 e. The molecule has 0 bridgehead atoms. The minimum absolute atomic E-state index is 0.0152. The van der Waals surface area contributed by atoms with Crippen molar-refractivity contribution >= 4 is 33.2 Å². The van der Waals surface area contributed by atoms with Crippen LogP contribution in [0.1, 0.15) is 15.9 Å². The molecule has 0 fully saturated rings. The van der Waals surface area contributed by atoms with Gasteiger partial charge in [0.2, 0.25) is 0 Å². The fraction of sp³-hybridized carbons (Fsp3) is 0.0952. The lowest BCUT2D eigenvalue weighted by Crippen LogP contribution is -2.26. The molecule has 1 N–H and O–H groups in total. The Balaban J connectivity index is 1.78. The van der Waals surface area contributed by atoms with Gasteiger partial charge >= 0.3 is 0 Å². The summed E-state index contributed by atoms with van der Waals surface area (Å²) in [4.78, 5) is 14.3. The molecule has 0 saturated heterocycles. The summed E-state index contributed by atoms with van der Waals surface area (Å²) in [6, 6.07) is 21.9. The molecule has 0 spiro atoms. The molecule has 0 heterocycles. The molecule has 5 nitrogen and oxygen atoms in total. The van der Waals surface area contributed by atoms with Crippen LogP contribution in [0.25, 0.3) is 0 Å². The number of hydrogen-bond donors (Lipinski definition) is 1. The van der Waals surface area contributed by atoms with Crippen molar-refractivity contribution in [1.82, 2.24) is 4.90 Å². The molecule has 144 valence electrons. The monoisotopic (exact) mass is 414 g/mol. The van der Waals surface area contributed by atoms with Crippen molar-refractivity contribution in [3.63, 3.8) is 0 Å². The molecular formula is C21H19ClN2O3S. The van der Waals surface area contributed by atoms with E-state index in [4.69, 9.17) is 11.6 Å². The minimum atomic E-state index is -3.83. The van der Waals surface area contributed by atoms with Gasteiger partial charge in [-0.1, -0.05) is 48.0 Å². The first-order chi connectivity index (χ1) is 13.3. The molecule has 7 heteroatoms. The van der Waals surface area contributed by atoms with Crippen LogP contribution in [0.2, 0.25) is 5.02 Å². The maximum Gasteiger partial charge on any atom is 0.261 e. The van der Waals surface area contributed by atoms with Crippen molar-refractivity contribution in [1.29, 1.82) is 0 Å². The Hall–Kier alpha value is -2.83. The van der Waals surface area contributed by atoms with E-state index in [1.54, 1.807) is 48.3 Å². The van der Waals surface area contributed by atoms with Crippen molar-refractivity contribution in [2.45, 2.75) is 11.4 Å². The molecule has 0 aromatic heterocycles. The van der Waals surface area contributed by atoms with Crippen LogP contribution in [0, 0.1) is 0 Å². The standard InChI is InChI=1S/C21H19ClN2O3S/c1-24(15-16-6-3-2-4-7-16)21(25)17-8-5-9-20(14-17)28(26,27)23-19-12-10-18(22)11-13-19/h2-14,23H,15H2,1H3. The zero-order valence-electron chi connectivity index (χ0n) is 15.2. The molecule has 3 rings (SSSR count). The van der Waals surface area contributed by atoms with Crippen LogP contribution in [-0.4, -0.2) is 26.3 Å². The van der Waals surface area contributed by atoms with E-state index in [2.05, 4.69) is 4.72 Å². The highest BCUT2D eigenvalue weighted by Crippen LogP contribution is 2.20. The number of halogens is 1. The second kappa shape index (κ2) is 8.46. The molecule has 0 aliphatic heterocycles. The third-order valence-corrected chi connectivity index (χ3v) is 5.73. The number of nitrogens with one attached hydrogen (secondary N) is 1. The Morgan fingerprint density at radius 1 is 0.964 bits per heavy atom. The van der Waals surface area contributed by atoms with E-state index in [1.807, 2.05) is 30.3 Å². The Bertz CT molecular complexity index is 1070. The summed E-state index contributed by atoms with van der Waals surface area (Å²) < 4.78 is 27.8. The molecule has 0 radical (unpaired) electrons. The normalized spacial score (nSPS) is 11.1. The molecular weight excluding hydrogens is 396 g/mol. The summed E-state index contributed by atoms with van der Waals surface area (Å²) in [5.74, 6) is -0.257. The van der Waals surface area contributed by atoms with Crippen LogP contribution < -0.4 is 4.72 Å². The fourth-order valence-corrected chi connectivity index (χ4v) is 3.91. The van der Waals surface area contributed by atoms with Gasteiger partial charge in [-0.25, -0.2) is 8.42 Å². The molecule has 28 heavy (non-hydrogen) atoms. The average Bonchev–Trinajstić information content (AvgIpc) is 2.70. The van der Waals surface area contributed by atoms with E-state index in [-0.39, 0.29) is 10.8 Å². The van der Waals surface area contributed by atoms with Crippen molar-refractivity contribution in [3.8, 4) is 0 Å². The first-order valence-electron chi connectivity index (χ1n) is 8.53. The maximum absolute atomic E-state index is 12.7. The summed E-state index contributed by atoms with van der Waals surface area (Å²) in [5, 5.41) is 0.511. The number of sulfonamides is 1. The molecule has 1 amide bonds. The zero-order valence-corrected chi connectivity index (χ0v) is 16.7. The van der Waals surface area contributed by atoms with E-state index < -0.39 is 10.0 Å². The molecule has 0 aliphatic carbocycles. The van der Waals surface area contributed by atoms with Gasteiger partial charge in [-0.05, 0) is 48.0 Å². The summed E-state index contributed by atoms with van der Waals surface area (Å²) in [6.07, 6.45) is 0. The van der Waals surface area contributed by atoms with E-state index in [1.165, 1.54) is 12.1 Å². The van der Waals surface area contributed by atoms with Gasteiger partial charge in [0, 0.05) is 29.9 Å². The lowest BCUT2D eigenvalue weighted by Gasteiger charge is -2.18. The number of rotatable bonds is 6. The number of hydrogen-bond acceptors (Lipinski definition) is 3. The number of nitrogens with zero attached hydrogens (tertiary/aromatic N) is 1. The zero-order chi connectivity index (χ0) is 20.1. The average molecular weight is 415 g/mol. The Morgan fingerprint density at radius 2 is 1.64 bits per heavy atom. The van der Waals surface area contributed by atoms with Crippen molar-refractivity contribution in [2.24, 2.45) is 0 Å². The van der Waals surface area contributed by atoms with Gasteiger partial charge < -0.3 is 4.90 Å². The van der Waals surface area contributed by atoms with Crippen LogP contribution in [-0.2, 0) is 16.6 Å². The molecule has 0 saturated carbocycles. The lowest BCUT2D eigenvalue weighted by atomic mass is 10.1. The van der Waals surface area contributed by atoms with Gasteiger partial charge in [-0.15, -0.1) is 0 Å². The summed E-state index contributed by atoms with van der Waals surface area (Å²) in [6.45, 7) is 0.430. The highest BCUT2D eigenvalue weighted by Gasteiger charge is 2.18. The second-order valence-corrected chi connectivity index (χ2v) is 8.41. The van der Waals surface area contributed by atoms with Crippen molar-refractivity contribution < 1.29 is 13.2 Å². The van der Waals surface area contributed by atoms with Gasteiger partial charge in [0.25, 0.3) is 15.9 Å². The number of carbonyl (C=O) groups is 1. The molecule has 3 aromatic rings. The lowest BCUT2D eigenvalue weighted by molar-refractivity contribution is 0.0785. The highest BCUT2D eigenvalue weighted by molar-refractivity contribution is 7.92. The summed E-state index contributed by atoms with van der Waals surface area (Å²) in [7, 11) is -2.15. The Morgan fingerprint density at radius 3 is 2.32 bits per heavy atom. The minimum Gasteiger partial charge on any atom is -0.337 e. The third kappa shape index (κ3) is 4.91. The van der Waals surface area contributed by atoms with Crippen molar-refractivity contribution in [3.05, 3.63) is 95.0 Å². The van der Waals surface area contributed by atoms with Gasteiger partial charge in [-0.2, -0.15) is 0 Å². The summed E-state index contributed by atoms with van der Waals surface area (Å²) >= 11 is 5.82. The number of benzene rings is 3. The maximum atomic E-state index is 12.7. The van der Waals surface area contributed by atoms with Crippen LogP contribution >= 0.6 is 11.6 Å². The van der Waals surface area contributed by atoms with Crippen LogP contribution in [0.3, 0.4) is 0 Å². The highest BCUT2D eigenvalue weighted by atomic mass is 35.5. The molecule has 0 atom stereocenters. The van der Waals surface area contributed by atoms with Gasteiger partial charge in [0.05, 0.1) is 4.90 Å². The van der Waals surface area contributed by atoms with E-state index in [9.17, 15) is 13.2 Å². The van der Waals surface area contributed by atoms with Gasteiger partial charge in [0.15, 0.2) is 0 Å². The molecule has 0 aliphatic rings. The van der Waals surface area contributed by atoms with E-state index in [0.29, 0.717) is 22.8 Å².